The number of hydrogen-bond donors (Lipinski definition) is 1. The van der Waals surface area contributed by atoms with Crippen LogP contribution < -0.4 is 10.1 Å². The summed E-state index contributed by atoms with van der Waals surface area (Å²) in [7, 11) is -3.30. The van der Waals surface area contributed by atoms with E-state index in [4.69, 9.17) is 4.74 Å². The number of aromatic nitrogens is 1. The van der Waals surface area contributed by atoms with Gasteiger partial charge in [0.15, 0.2) is 9.84 Å². The number of rotatable bonds is 5. The van der Waals surface area contributed by atoms with Crippen molar-refractivity contribution in [3.63, 3.8) is 0 Å². The predicted molar refractivity (Wildman–Crippen MR) is 100 cm³/mol. The molecule has 1 heterocycles. The molecule has 0 fully saturated rings. The van der Waals surface area contributed by atoms with Gasteiger partial charge in [-0.15, -0.1) is 0 Å². The number of nitrogens with one attached hydrogen (secondary N) is 1. The third kappa shape index (κ3) is 3.67. The van der Waals surface area contributed by atoms with Crippen LogP contribution in [0.2, 0.25) is 0 Å². The van der Waals surface area contributed by atoms with Crippen molar-refractivity contribution in [2.45, 2.75) is 11.8 Å². The van der Waals surface area contributed by atoms with Crippen molar-refractivity contribution >= 4 is 32.3 Å². The Balaban J connectivity index is 1.91. The fourth-order valence-electron chi connectivity index (χ4n) is 2.58. The topological polar surface area (TPSA) is 85.4 Å². The van der Waals surface area contributed by atoms with E-state index in [0.29, 0.717) is 29.1 Å². The van der Waals surface area contributed by atoms with Crippen molar-refractivity contribution in [1.82, 2.24) is 4.98 Å². The van der Waals surface area contributed by atoms with Crippen LogP contribution in [0.3, 0.4) is 0 Å². The van der Waals surface area contributed by atoms with Gasteiger partial charge in [-0.1, -0.05) is 0 Å². The maximum Gasteiger partial charge on any atom is 0.255 e. The van der Waals surface area contributed by atoms with Crippen LogP contribution in [0.25, 0.3) is 10.9 Å². The van der Waals surface area contributed by atoms with Crippen LogP contribution in [0.5, 0.6) is 5.75 Å². The molecular formula is C19H18N2O4S. The number of carbonyl (C=O) groups is 1. The number of fused-ring (bicyclic) bond motifs is 1. The lowest BCUT2D eigenvalue weighted by Crippen LogP contribution is -2.13. The third-order valence-electron chi connectivity index (χ3n) is 3.82. The van der Waals surface area contributed by atoms with Gasteiger partial charge in [-0.2, -0.15) is 0 Å². The van der Waals surface area contributed by atoms with Gasteiger partial charge in [0.1, 0.15) is 5.75 Å². The molecule has 3 aromatic rings. The van der Waals surface area contributed by atoms with Crippen molar-refractivity contribution in [3.05, 3.63) is 60.3 Å². The fraction of sp³-hybridized carbons (Fsp3) is 0.158. The summed E-state index contributed by atoms with van der Waals surface area (Å²) < 4.78 is 28.6. The van der Waals surface area contributed by atoms with Crippen molar-refractivity contribution in [2.24, 2.45) is 0 Å². The van der Waals surface area contributed by atoms with Crippen molar-refractivity contribution in [2.75, 3.05) is 18.2 Å². The number of amides is 1. The SMILES string of the molecule is CCOc1ccc(NC(=O)c2ccc(S(C)(=O)=O)cc2)c2ncccc12. The molecule has 2 aromatic carbocycles. The highest BCUT2D eigenvalue weighted by atomic mass is 32.2. The van der Waals surface area contributed by atoms with Gasteiger partial charge in [0.25, 0.3) is 5.91 Å². The molecule has 1 aromatic heterocycles. The molecule has 0 unspecified atom stereocenters. The van der Waals surface area contributed by atoms with E-state index in [9.17, 15) is 13.2 Å². The first-order chi connectivity index (χ1) is 12.4. The molecule has 0 aliphatic carbocycles. The molecule has 0 atom stereocenters. The first kappa shape index (κ1) is 17.9. The molecule has 7 heteroatoms. The first-order valence-corrected chi connectivity index (χ1v) is 9.91. The molecule has 0 saturated carbocycles. The maximum absolute atomic E-state index is 12.5. The van der Waals surface area contributed by atoms with Gasteiger partial charge in [0.2, 0.25) is 0 Å². The van der Waals surface area contributed by atoms with Crippen molar-refractivity contribution < 1.29 is 17.9 Å². The normalized spacial score (nSPS) is 11.3. The van der Waals surface area contributed by atoms with Crippen LogP contribution >= 0.6 is 0 Å². The summed E-state index contributed by atoms with van der Waals surface area (Å²) >= 11 is 0. The minimum absolute atomic E-state index is 0.169. The van der Waals surface area contributed by atoms with Crippen LogP contribution in [0.4, 0.5) is 5.69 Å². The van der Waals surface area contributed by atoms with Gasteiger partial charge in [0, 0.05) is 23.4 Å². The Kier molecular flexibility index (Phi) is 4.90. The number of pyridine rings is 1. The molecule has 0 spiro atoms. The van der Waals surface area contributed by atoms with Gasteiger partial charge in [-0.25, -0.2) is 8.42 Å². The lowest BCUT2D eigenvalue weighted by atomic mass is 10.1. The van der Waals surface area contributed by atoms with E-state index >= 15 is 0 Å². The second-order valence-corrected chi connectivity index (χ2v) is 7.71. The zero-order chi connectivity index (χ0) is 18.7. The second-order valence-electron chi connectivity index (χ2n) is 5.69. The quantitative estimate of drug-likeness (QED) is 0.745. The van der Waals surface area contributed by atoms with Gasteiger partial charge in [-0.3, -0.25) is 9.78 Å². The van der Waals surface area contributed by atoms with Gasteiger partial charge < -0.3 is 10.1 Å². The number of ether oxygens (including phenoxy) is 1. The molecule has 0 saturated heterocycles. The molecule has 0 radical (unpaired) electrons. The summed E-state index contributed by atoms with van der Waals surface area (Å²) in [4.78, 5) is 17.0. The van der Waals surface area contributed by atoms with E-state index in [1.807, 2.05) is 13.0 Å². The van der Waals surface area contributed by atoms with Crippen molar-refractivity contribution in [3.8, 4) is 5.75 Å². The number of benzene rings is 2. The Morgan fingerprint density at radius 2 is 1.85 bits per heavy atom. The summed E-state index contributed by atoms with van der Waals surface area (Å²) in [5.41, 5.74) is 1.54. The van der Waals surface area contributed by atoms with E-state index in [1.54, 1.807) is 24.4 Å². The number of nitrogens with zero attached hydrogens (tertiary/aromatic N) is 1. The fourth-order valence-corrected chi connectivity index (χ4v) is 3.21. The smallest absolute Gasteiger partial charge is 0.255 e. The van der Waals surface area contributed by atoms with Crippen molar-refractivity contribution in [1.29, 1.82) is 0 Å². The molecule has 0 aliphatic rings. The molecule has 3 rings (SSSR count). The highest BCUT2D eigenvalue weighted by Crippen LogP contribution is 2.30. The maximum atomic E-state index is 12.5. The lowest BCUT2D eigenvalue weighted by molar-refractivity contribution is 0.102. The minimum Gasteiger partial charge on any atom is -0.493 e. The summed E-state index contributed by atoms with van der Waals surface area (Å²) in [5.74, 6) is 0.354. The molecule has 6 nitrogen and oxygen atoms in total. The number of sulfone groups is 1. The molecular weight excluding hydrogens is 352 g/mol. The predicted octanol–water partition coefficient (Wildman–Crippen LogP) is 3.29. The van der Waals surface area contributed by atoms with Crippen LogP contribution in [0.1, 0.15) is 17.3 Å². The highest BCUT2D eigenvalue weighted by molar-refractivity contribution is 7.90. The monoisotopic (exact) mass is 370 g/mol. The molecule has 26 heavy (non-hydrogen) atoms. The second kappa shape index (κ2) is 7.13. The van der Waals surface area contributed by atoms with Gasteiger partial charge in [0.05, 0.1) is 22.7 Å². The van der Waals surface area contributed by atoms with Crippen LogP contribution in [0.15, 0.2) is 59.6 Å². The minimum atomic E-state index is -3.30. The Hall–Kier alpha value is -2.93. The molecule has 134 valence electrons. The molecule has 1 amide bonds. The molecule has 0 aliphatic heterocycles. The van der Waals surface area contributed by atoms with Crippen LogP contribution in [-0.4, -0.2) is 32.2 Å². The van der Waals surface area contributed by atoms with E-state index < -0.39 is 9.84 Å². The summed E-state index contributed by atoms with van der Waals surface area (Å²) in [5, 5.41) is 3.63. The van der Waals surface area contributed by atoms with E-state index in [-0.39, 0.29) is 10.8 Å². The summed E-state index contributed by atoms with van der Waals surface area (Å²) in [6.07, 6.45) is 2.77. The number of hydrogen-bond acceptors (Lipinski definition) is 5. The lowest BCUT2D eigenvalue weighted by Gasteiger charge is -2.12. The largest absolute Gasteiger partial charge is 0.493 e. The number of carbonyl (C=O) groups excluding carboxylic acids is 1. The average molecular weight is 370 g/mol. The van der Waals surface area contributed by atoms with Crippen LogP contribution in [0, 0.1) is 0 Å². The number of anilines is 1. The van der Waals surface area contributed by atoms with Gasteiger partial charge >= 0.3 is 0 Å². The third-order valence-corrected chi connectivity index (χ3v) is 4.95. The molecule has 1 N–H and O–H groups in total. The highest BCUT2D eigenvalue weighted by Gasteiger charge is 2.13. The van der Waals surface area contributed by atoms with E-state index in [0.717, 1.165) is 11.6 Å². The zero-order valence-electron chi connectivity index (χ0n) is 14.4. The Morgan fingerprint density at radius 3 is 2.50 bits per heavy atom. The van der Waals surface area contributed by atoms with Gasteiger partial charge in [-0.05, 0) is 55.5 Å². The Bertz CT molecular complexity index is 1060. The standard InChI is InChI=1S/C19H18N2O4S/c1-3-25-17-11-10-16(18-15(17)5-4-12-20-18)21-19(22)13-6-8-14(9-7-13)26(2,23)24/h4-12H,3H2,1-2H3,(H,21,22). The zero-order valence-corrected chi connectivity index (χ0v) is 15.2. The Morgan fingerprint density at radius 1 is 1.12 bits per heavy atom. The summed E-state index contributed by atoms with van der Waals surface area (Å²) in [6.45, 7) is 2.43. The van der Waals surface area contributed by atoms with E-state index in [1.165, 1.54) is 24.3 Å². The first-order valence-electron chi connectivity index (χ1n) is 8.02. The van der Waals surface area contributed by atoms with E-state index in [2.05, 4.69) is 10.3 Å². The van der Waals surface area contributed by atoms with Crippen LogP contribution in [-0.2, 0) is 9.84 Å². The molecule has 0 bridgehead atoms. The summed E-state index contributed by atoms with van der Waals surface area (Å²) in [6, 6.07) is 13.0. The average Bonchev–Trinajstić information content (AvgIpc) is 2.63. The Labute approximate surface area is 151 Å².